The van der Waals surface area contributed by atoms with Gasteiger partial charge in [-0.05, 0) is 48.4 Å². The molecule has 0 aliphatic carbocycles. The summed E-state index contributed by atoms with van der Waals surface area (Å²) in [5.41, 5.74) is 3.27. The number of benzene rings is 2. The van der Waals surface area contributed by atoms with E-state index in [-0.39, 0.29) is 11.8 Å². The summed E-state index contributed by atoms with van der Waals surface area (Å²) in [6.07, 6.45) is 1.44. The maximum absolute atomic E-state index is 11.9. The Hall–Kier alpha value is -2.62. The lowest BCUT2D eigenvalue weighted by Crippen LogP contribution is -2.19. The van der Waals surface area contributed by atoms with E-state index >= 15 is 0 Å². The molecule has 4 heteroatoms. The Bertz CT molecular complexity index is 646. The van der Waals surface area contributed by atoms with Gasteiger partial charge in [0.1, 0.15) is 0 Å². The number of anilines is 2. The van der Waals surface area contributed by atoms with Crippen LogP contribution in [0.1, 0.15) is 36.2 Å². The van der Waals surface area contributed by atoms with Crippen molar-refractivity contribution < 1.29 is 9.59 Å². The lowest BCUT2D eigenvalue weighted by molar-refractivity contribution is 0.0988. The molecule has 0 aliphatic rings. The van der Waals surface area contributed by atoms with E-state index in [0.717, 1.165) is 12.1 Å². The van der Waals surface area contributed by atoms with Crippen LogP contribution < -0.4 is 10.6 Å². The first-order valence-corrected chi connectivity index (χ1v) is 7.42. The van der Waals surface area contributed by atoms with Gasteiger partial charge in [0.25, 0.3) is 0 Å². The zero-order valence-corrected chi connectivity index (χ0v) is 12.8. The van der Waals surface area contributed by atoms with Gasteiger partial charge in [0, 0.05) is 23.4 Å². The number of urea groups is 1. The van der Waals surface area contributed by atoms with Gasteiger partial charge in [-0.15, -0.1) is 0 Å². The molecule has 0 bridgehead atoms. The molecule has 22 heavy (non-hydrogen) atoms. The van der Waals surface area contributed by atoms with Crippen molar-refractivity contribution in [1.29, 1.82) is 0 Å². The fourth-order valence-corrected chi connectivity index (χ4v) is 2.06. The van der Waals surface area contributed by atoms with Crippen molar-refractivity contribution in [3.63, 3.8) is 0 Å². The molecule has 2 amide bonds. The van der Waals surface area contributed by atoms with E-state index in [1.165, 1.54) is 5.56 Å². The zero-order valence-electron chi connectivity index (χ0n) is 12.8. The van der Waals surface area contributed by atoms with Gasteiger partial charge >= 0.3 is 6.03 Å². The Labute approximate surface area is 130 Å². The van der Waals surface area contributed by atoms with E-state index in [9.17, 15) is 9.59 Å². The van der Waals surface area contributed by atoms with E-state index in [0.29, 0.717) is 17.7 Å². The highest BCUT2D eigenvalue weighted by Gasteiger charge is 2.05. The molecular weight excluding hydrogens is 276 g/mol. The minimum atomic E-state index is -0.307. The van der Waals surface area contributed by atoms with Crippen molar-refractivity contribution in [2.45, 2.75) is 26.7 Å². The smallest absolute Gasteiger partial charge is 0.308 e. The van der Waals surface area contributed by atoms with Gasteiger partial charge in [-0.3, -0.25) is 4.79 Å². The van der Waals surface area contributed by atoms with Crippen molar-refractivity contribution in [2.24, 2.45) is 0 Å². The average Bonchev–Trinajstić information content (AvgIpc) is 2.55. The van der Waals surface area contributed by atoms with Crippen LogP contribution in [0, 0.1) is 0 Å². The van der Waals surface area contributed by atoms with Gasteiger partial charge in [-0.25, -0.2) is 4.79 Å². The number of hydrogen-bond donors (Lipinski definition) is 2. The Balaban J connectivity index is 1.94. The number of carbonyl (C=O) groups is 2. The van der Waals surface area contributed by atoms with Crippen LogP contribution in [0.2, 0.25) is 0 Å². The predicted octanol–water partition coefficient (Wildman–Crippen LogP) is 4.49. The van der Waals surface area contributed by atoms with Gasteiger partial charge in [0.2, 0.25) is 0 Å². The van der Waals surface area contributed by atoms with Crippen LogP contribution in [-0.4, -0.2) is 11.8 Å². The molecule has 0 atom stereocenters. The normalized spacial score (nSPS) is 10.1. The molecule has 2 rings (SSSR count). The summed E-state index contributed by atoms with van der Waals surface area (Å²) in [6.45, 7) is 3.91. The lowest BCUT2D eigenvalue weighted by Gasteiger charge is -2.08. The summed E-state index contributed by atoms with van der Waals surface area (Å²) < 4.78 is 0. The Kier molecular flexibility index (Phi) is 5.31. The van der Waals surface area contributed by atoms with Crippen LogP contribution >= 0.6 is 0 Å². The number of carbonyl (C=O) groups excluding carboxylic acids is 2. The number of Topliss-reactive ketones (excluding diaryl/α,β-unsaturated/α-hetero) is 1. The molecule has 0 unspecified atom stereocenters. The summed E-state index contributed by atoms with van der Waals surface area (Å²) in [6, 6.07) is 14.3. The maximum Gasteiger partial charge on any atom is 0.323 e. The molecule has 0 saturated heterocycles. The first kappa shape index (κ1) is 15.8. The summed E-state index contributed by atoms with van der Waals surface area (Å²) >= 11 is 0. The molecule has 2 aromatic carbocycles. The van der Waals surface area contributed by atoms with E-state index in [1.54, 1.807) is 24.3 Å². The van der Waals surface area contributed by atoms with Crippen LogP contribution in [0.15, 0.2) is 48.5 Å². The SMILES string of the molecule is CCC(=O)c1ccc(NC(=O)Nc2ccc(CC)cc2)cc1. The maximum atomic E-state index is 11.9. The van der Waals surface area contributed by atoms with Gasteiger partial charge in [-0.1, -0.05) is 26.0 Å². The topological polar surface area (TPSA) is 58.2 Å². The molecule has 0 fully saturated rings. The largest absolute Gasteiger partial charge is 0.323 e. The van der Waals surface area contributed by atoms with Gasteiger partial charge in [0.15, 0.2) is 5.78 Å². The van der Waals surface area contributed by atoms with Gasteiger partial charge in [-0.2, -0.15) is 0 Å². The predicted molar refractivity (Wildman–Crippen MR) is 89.5 cm³/mol. The molecule has 0 heterocycles. The number of ketones is 1. The van der Waals surface area contributed by atoms with Crippen molar-refractivity contribution in [1.82, 2.24) is 0 Å². The molecule has 0 saturated carbocycles. The van der Waals surface area contributed by atoms with E-state index in [1.807, 2.05) is 31.2 Å². The summed E-state index contributed by atoms with van der Waals surface area (Å²) in [7, 11) is 0. The molecule has 114 valence electrons. The fraction of sp³-hybridized carbons (Fsp3) is 0.222. The van der Waals surface area contributed by atoms with Crippen molar-refractivity contribution in [2.75, 3.05) is 10.6 Å². The van der Waals surface area contributed by atoms with Crippen LogP contribution in [0.3, 0.4) is 0 Å². The van der Waals surface area contributed by atoms with Gasteiger partial charge < -0.3 is 10.6 Å². The average molecular weight is 296 g/mol. The number of aryl methyl sites for hydroxylation is 1. The van der Waals surface area contributed by atoms with Crippen LogP contribution in [0.5, 0.6) is 0 Å². The molecular formula is C18H20N2O2. The zero-order chi connectivity index (χ0) is 15.9. The molecule has 0 aliphatic heterocycles. The Morgan fingerprint density at radius 3 is 1.77 bits per heavy atom. The first-order chi connectivity index (χ1) is 10.6. The van der Waals surface area contributed by atoms with Crippen molar-refractivity contribution >= 4 is 23.2 Å². The van der Waals surface area contributed by atoms with Crippen molar-refractivity contribution in [3.05, 3.63) is 59.7 Å². The number of hydrogen-bond acceptors (Lipinski definition) is 2. The van der Waals surface area contributed by atoms with Crippen LogP contribution in [-0.2, 0) is 6.42 Å². The molecule has 4 nitrogen and oxygen atoms in total. The second-order valence-electron chi connectivity index (χ2n) is 4.98. The molecule has 0 aromatic heterocycles. The Morgan fingerprint density at radius 1 is 0.818 bits per heavy atom. The summed E-state index contributed by atoms with van der Waals surface area (Å²) in [5, 5.41) is 5.52. The Morgan fingerprint density at radius 2 is 1.32 bits per heavy atom. The number of nitrogens with one attached hydrogen (secondary N) is 2. The lowest BCUT2D eigenvalue weighted by atomic mass is 10.1. The highest BCUT2D eigenvalue weighted by atomic mass is 16.2. The number of amides is 2. The quantitative estimate of drug-likeness (QED) is 0.799. The summed E-state index contributed by atoms with van der Waals surface area (Å²) in [4.78, 5) is 23.5. The third kappa shape index (κ3) is 4.19. The van der Waals surface area contributed by atoms with E-state index in [2.05, 4.69) is 17.6 Å². The third-order valence-corrected chi connectivity index (χ3v) is 3.41. The second kappa shape index (κ2) is 7.41. The standard InChI is InChI=1S/C18H20N2O2/c1-3-13-5-9-15(10-6-13)19-18(22)20-16-11-7-14(8-12-16)17(21)4-2/h5-12H,3-4H2,1-2H3,(H2,19,20,22). The summed E-state index contributed by atoms with van der Waals surface area (Å²) in [5.74, 6) is 0.0898. The molecule has 0 spiro atoms. The minimum absolute atomic E-state index is 0.0898. The monoisotopic (exact) mass is 296 g/mol. The highest BCUT2D eigenvalue weighted by Crippen LogP contribution is 2.13. The molecule has 2 N–H and O–H groups in total. The molecule has 2 aromatic rings. The van der Waals surface area contributed by atoms with Crippen LogP contribution in [0.25, 0.3) is 0 Å². The second-order valence-corrected chi connectivity index (χ2v) is 4.98. The fourth-order valence-electron chi connectivity index (χ4n) is 2.06. The minimum Gasteiger partial charge on any atom is -0.308 e. The number of rotatable bonds is 5. The highest BCUT2D eigenvalue weighted by molar-refractivity contribution is 6.00. The first-order valence-electron chi connectivity index (χ1n) is 7.42. The molecule has 0 radical (unpaired) electrons. The van der Waals surface area contributed by atoms with Gasteiger partial charge in [0.05, 0.1) is 0 Å². The van der Waals surface area contributed by atoms with E-state index in [4.69, 9.17) is 0 Å². The van der Waals surface area contributed by atoms with E-state index < -0.39 is 0 Å². The van der Waals surface area contributed by atoms with Crippen molar-refractivity contribution in [3.8, 4) is 0 Å². The third-order valence-electron chi connectivity index (χ3n) is 3.41. The van der Waals surface area contributed by atoms with Crippen LogP contribution in [0.4, 0.5) is 16.2 Å².